The maximum absolute atomic E-state index is 12.2. The van der Waals surface area contributed by atoms with Gasteiger partial charge in [-0.25, -0.2) is 4.98 Å². The van der Waals surface area contributed by atoms with E-state index in [1.807, 2.05) is 43.3 Å². The van der Waals surface area contributed by atoms with Crippen molar-refractivity contribution in [3.05, 3.63) is 89.6 Å². The van der Waals surface area contributed by atoms with Crippen molar-refractivity contribution in [3.8, 4) is 11.6 Å². The summed E-state index contributed by atoms with van der Waals surface area (Å²) in [7, 11) is 2.89. The van der Waals surface area contributed by atoms with E-state index in [9.17, 15) is 4.79 Å². The van der Waals surface area contributed by atoms with Gasteiger partial charge in [-0.15, -0.1) is 0 Å². The number of para-hydroxylation sites is 1. The molecule has 164 valence electrons. The van der Waals surface area contributed by atoms with Crippen molar-refractivity contribution < 1.29 is 19.2 Å². The van der Waals surface area contributed by atoms with E-state index in [0.717, 1.165) is 11.1 Å². The van der Waals surface area contributed by atoms with Crippen LogP contribution in [-0.2, 0) is 21.1 Å². The summed E-state index contributed by atoms with van der Waals surface area (Å²) in [6.45, 7) is 2.23. The van der Waals surface area contributed by atoms with Crippen molar-refractivity contribution >= 4 is 17.3 Å². The van der Waals surface area contributed by atoms with E-state index in [2.05, 4.69) is 20.6 Å². The first-order chi connectivity index (χ1) is 15.6. The third-order valence-electron chi connectivity index (χ3n) is 4.41. The third kappa shape index (κ3) is 5.91. The van der Waals surface area contributed by atoms with Crippen LogP contribution < -0.4 is 10.1 Å². The van der Waals surface area contributed by atoms with E-state index in [0.29, 0.717) is 29.5 Å². The summed E-state index contributed by atoms with van der Waals surface area (Å²) in [6, 6.07) is 20.4. The summed E-state index contributed by atoms with van der Waals surface area (Å²) in [5.41, 5.74) is 3.10. The van der Waals surface area contributed by atoms with Crippen LogP contribution in [0.5, 0.6) is 11.6 Å². The molecular weight excluding hydrogens is 408 g/mol. The highest BCUT2D eigenvalue weighted by Gasteiger charge is 2.19. The molecule has 0 saturated heterocycles. The molecule has 8 nitrogen and oxygen atoms in total. The molecular formula is C24H24N4O4. The van der Waals surface area contributed by atoms with Gasteiger partial charge in [0, 0.05) is 24.9 Å². The van der Waals surface area contributed by atoms with Crippen molar-refractivity contribution in [2.24, 2.45) is 10.3 Å². The molecule has 0 aliphatic carbocycles. The Labute approximate surface area is 186 Å². The van der Waals surface area contributed by atoms with Crippen LogP contribution >= 0.6 is 0 Å². The number of pyridine rings is 1. The summed E-state index contributed by atoms with van der Waals surface area (Å²) in [5, 5.41) is 10.5. The number of benzene rings is 2. The molecule has 0 atom stereocenters. The molecule has 0 aliphatic heterocycles. The Morgan fingerprint density at radius 3 is 2.44 bits per heavy atom. The molecule has 0 fully saturated rings. The highest BCUT2D eigenvalue weighted by molar-refractivity contribution is 6.45. The molecule has 1 amide bonds. The number of carbonyl (C=O) groups is 1. The monoisotopic (exact) mass is 432 g/mol. The Morgan fingerprint density at radius 2 is 1.75 bits per heavy atom. The number of amides is 1. The molecule has 3 rings (SSSR count). The van der Waals surface area contributed by atoms with Crippen LogP contribution in [0.1, 0.15) is 23.6 Å². The lowest BCUT2D eigenvalue weighted by Gasteiger charge is -2.11. The lowest BCUT2D eigenvalue weighted by molar-refractivity contribution is -0.114. The summed E-state index contributed by atoms with van der Waals surface area (Å²) < 4.78 is 5.91. The van der Waals surface area contributed by atoms with Crippen molar-refractivity contribution in [2.75, 3.05) is 14.2 Å². The first-order valence-corrected chi connectivity index (χ1v) is 9.89. The van der Waals surface area contributed by atoms with Crippen LogP contribution in [-0.4, -0.2) is 36.5 Å². The van der Waals surface area contributed by atoms with Gasteiger partial charge >= 0.3 is 0 Å². The van der Waals surface area contributed by atoms with Crippen molar-refractivity contribution in [2.45, 2.75) is 13.5 Å². The molecule has 1 aromatic heterocycles. The van der Waals surface area contributed by atoms with Crippen LogP contribution in [0, 0.1) is 0 Å². The summed E-state index contributed by atoms with van der Waals surface area (Å²) in [6.07, 6.45) is 1.64. The first-order valence-electron chi connectivity index (χ1n) is 9.89. The third-order valence-corrected chi connectivity index (χ3v) is 4.41. The second-order valence-corrected chi connectivity index (χ2v) is 6.62. The smallest absolute Gasteiger partial charge is 0.273 e. The van der Waals surface area contributed by atoms with E-state index in [-0.39, 0.29) is 5.71 Å². The van der Waals surface area contributed by atoms with Gasteiger partial charge in [0.15, 0.2) is 5.71 Å². The molecule has 0 radical (unpaired) electrons. The summed E-state index contributed by atoms with van der Waals surface area (Å²) in [4.78, 5) is 26.8. The highest BCUT2D eigenvalue weighted by atomic mass is 16.6. The SMILES string of the molecule is CNC(=O)C(=NOC)c1ccccc1Oc1ccc(C(C)=NOCc2ccccc2)cn1. The number of hydrogen-bond acceptors (Lipinski definition) is 7. The molecule has 32 heavy (non-hydrogen) atoms. The van der Waals surface area contributed by atoms with Gasteiger partial charge in [0.1, 0.15) is 19.5 Å². The Kier molecular flexibility index (Phi) is 7.91. The van der Waals surface area contributed by atoms with E-state index in [1.165, 1.54) is 14.2 Å². The van der Waals surface area contributed by atoms with Gasteiger partial charge in [-0.1, -0.05) is 52.8 Å². The predicted octanol–water partition coefficient (Wildman–Crippen LogP) is 3.91. The topological polar surface area (TPSA) is 94.4 Å². The molecule has 2 aromatic carbocycles. The van der Waals surface area contributed by atoms with Gasteiger partial charge < -0.3 is 19.7 Å². The zero-order valence-electron chi connectivity index (χ0n) is 18.1. The number of aromatic nitrogens is 1. The molecule has 1 heterocycles. The van der Waals surface area contributed by atoms with Gasteiger partial charge in [-0.05, 0) is 30.7 Å². The number of nitrogens with zero attached hydrogens (tertiary/aromatic N) is 3. The number of ether oxygens (including phenoxy) is 1. The van der Waals surface area contributed by atoms with Gasteiger partial charge in [-0.2, -0.15) is 0 Å². The maximum atomic E-state index is 12.2. The normalized spacial score (nSPS) is 11.6. The largest absolute Gasteiger partial charge is 0.438 e. The average Bonchev–Trinajstić information content (AvgIpc) is 2.83. The lowest BCUT2D eigenvalue weighted by Crippen LogP contribution is -2.28. The maximum Gasteiger partial charge on any atom is 0.273 e. The number of carbonyl (C=O) groups excluding carboxylic acids is 1. The van der Waals surface area contributed by atoms with Crippen LogP contribution in [0.2, 0.25) is 0 Å². The minimum atomic E-state index is -0.395. The van der Waals surface area contributed by atoms with Crippen LogP contribution in [0.15, 0.2) is 83.2 Å². The molecule has 0 spiro atoms. The van der Waals surface area contributed by atoms with Crippen LogP contribution in [0.3, 0.4) is 0 Å². The van der Waals surface area contributed by atoms with Gasteiger partial charge in [0.2, 0.25) is 5.88 Å². The number of nitrogens with one attached hydrogen (secondary N) is 1. The zero-order valence-corrected chi connectivity index (χ0v) is 18.1. The minimum absolute atomic E-state index is 0.0979. The lowest BCUT2D eigenvalue weighted by atomic mass is 10.1. The number of rotatable bonds is 9. The number of likely N-dealkylation sites (N-methyl/N-ethyl adjacent to an activating group) is 1. The number of hydrogen-bond donors (Lipinski definition) is 1. The second kappa shape index (κ2) is 11.3. The predicted molar refractivity (Wildman–Crippen MR) is 122 cm³/mol. The molecule has 3 aromatic rings. The second-order valence-electron chi connectivity index (χ2n) is 6.62. The molecule has 0 aliphatic rings. The van der Waals surface area contributed by atoms with Crippen LogP contribution in [0.4, 0.5) is 0 Å². The van der Waals surface area contributed by atoms with E-state index in [1.54, 1.807) is 36.5 Å². The average molecular weight is 432 g/mol. The van der Waals surface area contributed by atoms with Crippen molar-refractivity contribution in [3.63, 3.8) is 0 Å². The Balaban J connectivity index is 1.71. The number of oxime groups is 2. The molecule has 0 bridgehead atoms. The van der Waals surface area contributed by atoms with E-state index in [4.69, 9.17) is 14.4 Å². The summed E-state index contributed by atoms with van der Waals surface area (Å²) >= 11 is 0. The first kappa shape index (κ1) is 22.5. The fourth-order valence-electron chi connectivity index (χ4n) is 2.77. The Hall–Kier alpha value is -4.20. The molecule has 0 unspecified atom stereocenters. The van der Waals surface area contributed by atoms with Crippen molar-refractivity contribution in [1.82, 2.24) is 10.3 Å². The summed E-state index contributed by atoms with van der Waals surface area (Å²) in [5.74, 6) is 0.380. The van der Waals surface area contributed by atoms with E-state index >= 15 is 0 Å². The minimum Gasteiger partial charge on any atom is -0.438 e. The zero-order chi connectivity index (χ0) is 22.8. The van der Waals surface area contributed by atoms with Gasteiger partial charge in [0.25, 0.3) is 5.91 Å². The highest BCUT2D eigenvalue weighted by Crippen LogP contribution is 2.25. The standard InChI is InChI=1S/C24H24N4O4/c1-17(27-31-16-18-9-5-4-6-10-18)19-13-14-22(26-15-19)32-21-12-8-7-11-20(21)23(28-30-3)24(29)25-2/h4-15H,16H2,1-3H3,(H,25,29). The van der Waals surface area contributed by atoms with Crippen molar-refractivity contribution in [1.29, 1.82) is 0 Å². The van der Waals surface area contributed by atoms with Crippen LogP contribution in [0.25, 0.3) is 0 Å². The molecule has 8 heteroatoms. The fraction of sp³-hybridized carbons (Fsp3) is 0.167. The Morgan fingerprint density at radius 1 is 1.00 bits per heavy atom. The fourth-order valence-corrected chi connectivity index (χ4v) is 2.77. The van der Waals surface area contributed by atoms with E-state index < -0.39 is 5.91 Å². The molecule has 1 N–H and O–H groups in total. The van der Waals surface area contributed by atoms with Gasteiger partial charge in [-0.3, -0.25) is 4.79 Å². The van der Waals surface area contributed by atoms with Gasteiger partial charge in [0.05, 0.1) is 11.3 Å². The Bertz CT molecular complexity index is 1100. The quantitative estimate of drug-likeness (QED) is 0.409. The molecule has 0 saturated carbocycles.